The summed E-state index contributed by atoms with van der Waals surface area (Å²) in [6.07, 6.45) is 1.62. The van der Waals surface area contributed by atoms with Crippen molar-refractivity contribution in [3.05, 3.63) is 0 Å². The van der Waals surface area contributed by atoms with Gasteiger partial charge in [0, 0.05) is 32.5 Å². The molecule has 1 amide bonds. The molecule has 0 N–H and O–H groups in total. The zero-order valence-electron chi connectivity index (χ0n) is 7.25. The van der Waals surface area contributed by atoms with Crippen LogP contribution in [0.15, 0.2) is 0 Å². The van der Waals surface area contributed by atoms with Gasteiger partial charge >= 0.3 is 0 Å². The molecule has 0 aromatic rings. The predicted octanol–water partition coefficient (Wildman–Crippen LogP) is 0.863. The molecule has 70 valence electrons. The van der Waals surface area contributed by atoms with Gasteiger partial charge in [-0.2, -0.15) is 0 Å². The molecule has 1 aliphatic rings. The third-order valence-corrected chi connectivity index (χ3v) is 2.33. The quantitative estimate of drug-likeness (QED) is 0.620. The van der Waals surface area contributed by atoms with Gasteiger partial charge in [0.1, 0.15) is 0 Å². The van der Waals surface area contributed by atoms with Crippen molar-refractivity contribution in [2.45, 2.75) is 18.9 Å². The van der Waals surface area contributed by atoms with Crippen LogP contribution in [0, 0.1) is 0 Å². The topological polar surface area (TPSA) is 29.5 Å². The molecule has 0 aromatic carbocycles. The van der Waals surface area contributed by atoms with Crippen LogP contribution in [-0.4, -0.2) is 43.0 Å². The summed E-state index contributed by atoms with van der Waals surface area (Å²) in [4.78, 5) is 13.1. The molecule has 0 aliphatic carbocycles. The van der Waals surface area contributed by atoms with Crippen molar-refractivity contribution >= 4 is 17.5 Å². The van der Waals surface area contributed by atoms with Crippen LogP contribution in [0.4, 0.5) is 0 Å². The van der Waals surface area contributed by atoms with Crippen LogP contribution in [-0.2, 0) is 9.53 Å². The smallest absolute Gasteiger partial charge is 0.223 e. The second-order valence-electron chi connectivity index (χ2n) is 2.93. The van der Waals surface area contributed by atoms with Crippen LogP contribution < -0.4 is 0 Å². The summed E-state index contributed by atoms with van der Waals surface area (Å²) in [5.74, 6) is 0.553. The Morgan fingerprint density at radius 2 is 2.50 bits per heavy atom. The number of hydrogen-bond acceptors (Lipinski definition) is 2. The summed E-state index contributed by atoms with van der Waals surface area (Å²) in [5, 5.41) is 0. The first-order valence-electron chi connectivity index (χ1n) is 4.14. The molecule has 1 rings (SSSR count). The van der Waals surface area contributed by atoms with Crippen molar-refractivity contribution in [2.75, 3.05) is 26.1 Å². The van der Waals surface area contributed by atoms with Crippen molar-refractivity contribution in [3.63, 3.8) is 0 Å². The number of alkyl halides is 1. The zero-order valence-corrected chi connectivity index (χ0v) is 8.01. The molecule has 1 fully saturated rings. The van der Waals surface area contributed by atoms with Gasteiger partial charge in [0.05, 0.1) is 6.10 Å². The highest BCUT2D eigenvalue weighted by molar-refractivity contribution is 6.18. The molecule has 1 saturated heterocycles. The fourth-order valence-electron chi connectivity index (χ4n) is 1.39. The largest absolute Gasteiger partial charge is 0.380 e. The Balaban J connectivity index is 2.31. The number of rotatable bonds is 3. The van der Waals surface area contributed by atoms with Gasteiger partial charge in [-0.05, 0) is 6.42 Å². The van der Waals surface area contributed by atoms with Gasteiger partial charge in [0.2, 0.25) is 5.91 Å². The van der Waals surface area contributed by atoms with E-state index >= 15 is 0 Å². The molecule has 0 bridgehead atoms. The van der Waals surface area contributed by atoms with E-state index in [9.17, 15) is 4.79 Å². The molecule has 0 aromatic heterocycles. The molecule has 0 spiro atoms. The molecule has 1 aliphatic heterocycles. The summed E-state index contributed by atoms with van der Waals surface area (Å²) in [6, 6.07) is 0. The number of carbonyl (C=O) groups excluding carboxylic acids is 1. The zero-order chi connectivity index (χ0) is 8.97. The minimum atomic E-state index is 0.143. The number of hydrogen-bond donors (Lipinski definition) is 0. The van der Waals surface area contributed by atoms with E-state index in [2.05, 4.69) is 0 Å². The van der Waals surface area contributed by atoms with E-state index in [1.807, 2.05) is 4.90 Å². The maximum atomic E-state index is 11.3. The van der Waals surface area contributed by atoms with E-state index in [-0.39, 0.29) is 12.0 Å². The third kappa shape index (κ3) is 2.35. The van der Waals surface area contributed by atoms with Gasteiger partial charge in [-0.15, -0.1) is 11.6 Å². The van der Waals surface area contributed by atoms with Crippen LogP contribution in [0.5, 0.6) is 0 Å². The molecule has 3 nitrogen and oxygen atoms in total. The minimum Gasteiger partial charge on any atom is -0.380 e. The molecule has 1 atom stereocenters. The van der Waals surface area contributed by atoms with Crippen molar-refractivity contribution in [3.8, 4) is 0 Å². The van der Waals surface area contributed by atoms with Crippen LogP contribution in [0.3, 0.4) is 0 Å². The summed E-state index contributed by atoms with van der Waals surface area (Å²) in [6.45, 7) is 1.54. The SMILES string of the molecule is CO[C@H]1CCN(C(=O)CCCl)C1. The van der Waals surface area contributed by atoms with E-state index in [1.165, 1.54) is 0 Å². The van der Waals surface area contributed by atoms with Gasteiger partial charge in [-0.25, -0.2) is 0 Å². The van der Waals surface area contributed by atoms with Crippen LogP contribution in [0.1, 0.15) is 12.8 Å². The molecule has 1 heterocycles. The second kappa shape index (κ2) is 4.67. The number of carbonyl (C=O) groups is 1. The number of nitrogens with zero attached hydrogens (tertiary/aromatic N) is 1. The number of halogens is 1. The molecular weight excluding hydrogens is 178 g/mol. The number of likely N-dealkylation sites (tertiary alicyclic amines) is 1. The average Bonchev–Trinajstić information content (AvgIpc) is 2.52. The normalized spacial score (nSPS) is 23.2. The standard InChI is InChI=1S/C8H14ClNO2/c1-12-7-3-5-10(6-7)8(11)2-4-9/h7H,2-6H2,1H3/t7-/m0/s1. The van der Waals surface area contributed by atoms with Gasteiger partial charge in [-0.3, -0.25) is 4.79 Å². The maximum Gasteiger partial charge on any atom is 0.223 e. The lowest BCUT2D eigenvalue weighted by Crippen LogP contribution is -2.29. The summed E-state index contributed by atoms with van der Waals surface area (Å²) < 4.78 is 5.14. The Labute approximate surface area is 77.6 Å². The molecular formula is C8H14ClNO2. The Morgan fingerprint density at radius 3 is 3.00 bits per heavy atom. The van der Waals surface area contributed by atoms with Crippen LogP contribution >= 0.6 is 11.6 Å². The predicted molar refractivity (Wildman–Crippen MR) is 47.3 cm³/mol. The van der Waals surface area contributed by atoms with Crippen LogP contribution in [0.2, 0.25) is 0 Å². The summed E-state index contributed by atoms with van der Waals surface area (Å²) >= 11 is 5.47. The van der Waals surface area contributed by atoms with E-state index in [0.29, 0.717) is 12.3 Å². The van der Waals surface area contributed by atoms with Gasteiger partial charge in [-0.1, -0.05) is 0 Å². The highest BCUT2D eigenvalue weighted by Crippen LogP contribution is 2.12. The van der Waals surface area contributed by atoms with E-state index in [1.54, 1.807) is 7.11 Å². The van der Waals surface area contributed by atoms with Gasteiger partial charge < -0.3 is 9.64 Å². The van der Waals surface area contributed by atoms with E-state index in [0.717, 1.165) is 19.5 Å². The first-order chi connectivity index (χ1) is 5.77. The lowest BCUT2D eigenvalue weighted by molar-refractivity contribution is -0.130. The van der Waals surface area contributed by atoms with E-state index in [4.69, 9.17) is 16.3 Å². The Bertz CT molecular complexity index is 163. The third-order valence-electron chi connectivity index (χ3n) is 2.14. The summed E-state index contributed by atoms with van der Waals surface area (Å²) in [5.41, 5.74) is 0. The van der Waals surface area contributed by atoms with Crippen LogP contribution in [0.25, 0.3) is 0 Å². The Kier molecular flexibility index (Phi) is 3.82. The molecule has 4 heteroatoms. The summed E-state index contributed by atoms with van der Waals surface area (Å²) in [7, 11) is 1.68. The highest BCUT2D eigenvalue weighted by atomic mass is 35.5. The number of amides is 1. The minimum absolute atomic E-state index is 0.143. The van der Waals surface area contributed by atoms with Crippen molar-refractivity contribution in [2.24, 2.45) is 0 Å². The molecule has 12 heavy (non-hydrogen) atoms. The Morgan fingerprint density at radius 1 is 1.75 bits per heavy atom. The molecule has 0 unspecified atom stereocenters. The molecule has 0 saturated carbocycles. The number of ether oxygens (including phenoxy) is 1. The number of methoxy groups -OCH3 is 1. The lowest BCUT2D eigenvalue weighted by Gasteiger charge is -2.14. The second-order valence-corrected chi connectivity index (χ2v) is 3.30. The lowest BCUT2D eigenvalue weighted by atomic mass is 10.3. The fraction of sp³-hybridized carbons (Fsp3) is 0.875. The fourth-order valence-corrected chi connectivity index (χ4v) is 1.55. The monoisotopic (exact) mass is 191 g/mol. The van der Waals surface area contributed by atoms with Crippen molar-refractivity contribution in [1.29, 1.82) is 0 Å². The van der Waals surface area contributed by atoms with Crippen molar-refractivity contribution < 1.29 is 9.53 Å². The first-order valence-corrected chi connectivity index (χ1v) is 4.68. The Hall–Kier alpha value is -0.280. The highest BCUT2D eigenvalue weighted by Gasteiger charge is 2.24. The van der Waals surface area contributed by atoms with Gasteiger partial charge in [0.25, 0.3) is 0 Å². The average molecular weight is 192 g/mol. The van der Waals surface area contributed by atoms with Crippen molar-refractivity contribution in [1.82, 2.24) is 4.90 Å². The first kappa shape index (κ1) is 9.81. The molecule has 0 radical (unpaired) electrons. The maximum absolute atomic E-state index is 11.3. The van der Waals surface area contributed by atoms with E-state index < -0.39 is 0 Å². The van der Waals surface area contributed by atoms with Gasteiger partial charge in [0.15, 0.2) is 0 Å².